The Kier molecular flexibility index (Phi) is 6.64. The Bertz CT molecular complexity index is 1190. The summed E-state index contributed by atoms with van der Waals surface area (Å²) in [6, 6.07) is 7.29. The van der Waals surface area contributed by atoms with Crippen LogP contribution >= 0.6 is 0 Å². The van der Waals surface area contributed by atoms with Gasteiger partial charge in [0.2, 0.25) is 5.91 Å². The van der Waals surface area contributed by atoms with Gasteiger partial charge in [-0.15, -0.1) is 0 Å². The molecule has 0 bridgehead atoms. The van der Waals surface area contributed by atoms with E-state index in [0.29, 0.717) is 30.7 Å². The van der Waals surface area contributed by atoms with Crippen molar-refractivity contribution in [3.05, 3.63) is 77.1 Å². The first-order valence-corrected chi connectivity index (χ1v) is 11.7. The van der Waals surface area contributed by atoms with Crippen molar-refractivity contribution in [3.63, 3.8) is 0 Å². The van der Waals surface area contributed by atoms with Gasteiger partial charge in [0.25, 0.3) is 11.8 Å². The summed E-state index contributed by atoms with van der Waals surface area (Å²) in [5, 5.41) is 5.42. The van der Waals surface area contributed by atoms with E-state index in [2.05, 4.69) is 15.6 Å². The molecular weight excluding hydrogens is 473 g/mol. The molecule has 1 fully saturated rings. The van der Waals surface area contributed by atoms with Crippen LogP contribution in [0.2, 0.25) is 0 Å². The van der Waals surface area contributed by atoms with Gasteiger partial charge in [-0.05, 0) is 57.4 Å². The zero-order valence-corrected chi connectivity index (χ0v) is 20.1. The fourth-order valence-corrected chi connectivity index (χ4v) is 4.27. The minimum atomic E-state index is -4.63. The Hall–Kier alpha value is -3.69. The lowest BCUT2D eigenvalue weighted by Crippen LogP contribution is -2.49. The van der Waals surface area contributed by atoms with Crippen LogP contribution in [0.3, 0.4) is 0 Å². The average Bonchev–Trinajstić information content (AvgIpc) is 3.55. The highest BCUT2D eigenvalue weighted by Crippen LogP contribution is 2.37. The number of halogens is 3. The van der Waals surface area contributed by atoms with Crippen LogP contribution in [0.4, 0.5) is 13.2 Å². The standard InChI is InChI=1S/C26H27F3N4O3/c1-15-4-5-16(2)33(15)23(35)19-8-6-18(7-9-19)17(3)31-24(36)25(10-11-25)32-22(34)20-12-21(14-30-13-20)26(27,28)29/h4-9,12-17H,10-11H2,1-3H3,(H,31,36)(H,32,34)/t15?,16?,17-/m1/s1. The van der Waals surface area contributed by atoms with Crippen LogP contribution in [-0.4, -0.2) is 45.2 Å². The molecule has 2 aromatic rings. The predicted octanol–water partition coefficient (Wildman–Crippen LogP) is 4.03. The van der Waals surface area contributed by atoms with Gasteiger partial charge in [0.15, 0.2) is 0 Å². The van der Waals surface area contributed by atoms with E-state index in [1.165, 1.54) is 0 Å². The maximum atomic E-state index is 12.9. The summed E-state index contributed by atoms with van der Waals surface area (Å²) in [4.78, 5) is 43.7. The highest BCUT2D eigenvalue weighted by atomic mass is 19.4. The highest BCUT2D eigenvalue weighted by Gasteiger charge is 2.51. The van der Waals surface area contributed by atoms with Crippen LogP contribution in [0, 0.1) is 0 Å². The second-order valence-electron chi connectivity index (χ2n) is 9.39. The minimum Gasteiger partial charge on any atom is -0.348 e. The molecule has 1 aromatic heterocycles. The summed E-state index contributed by atoms with van der Waals surface area (Å²) in [5.41, 5.74) is -1.17. The van der Waals surface area contributed by atoms with E-state index >= 15 is 0 Å². The summed E-state index contributed by atoms with van der Waals surface area (Å²) in [7, 11) is 0. The molecule has 0 saturated heterocycles. The zero-order chi connectivity index (χ0) is 26.3. The van der Waals surface area contributed by atoms with Crippen molar-refractivity contribution in [1.82, 2.24) is 20.5 Å². The van der Waals surface area contributed by atoms with E-state index in [1.54, 1.807) is 36.1 Å². The number of alkyl halides is 3. The van der Waals surface area contributed by atoms with Crippen molar-refractivity contribution in [2.24, 2.45) is 0 Å². The van der Waals surface area contributed by atoms with Crippen molar-refractivity contribution in [2.45, 2.75) is 63.5 Å². The molecule has 0 spiro atoms. The van der Waals surface area contributed by atoms with Gasteiger partial charge in [0.05, 0.1) is 17.2 Å². The van der Waals surface area contributed by atoms with Gasteiger partial charge < -0.3 is 15.5 Å². The maximum absolute atomic E-state index is 12.9. The van der Waals surface area contributed by atoms with Crippen LogP contribution in [-0.2, 0) is 11.0 Å². The third-order valence-corrected chi connectivity index (χ3v) is 6.65. The Morgan fingerprint density at radius 1 is 1.03 bits per heavy atom. The Morgan fingerprint density at radius 2 is 1.64 bits per heavy atom. The lowest BCUT2D eigenvalue weighted by atomic mass is 10.0. The Balaban J connectivity index is 1.38. The molecule has 7 nitrogen and oxygen atoms in total. The number of pyridine rings is 1. The topological polar surface area (TPSA) is 91.4 Å². The molecule has 1 aliphatic carbocycles. The van der Waals surface area contributed by atoms with E-state index in [9.17, 15) is 27.6 Å². The molecule has 0 radical (unpaired) electrons. The monoisotopic (exact) mass is 500 g/mol. The third kappa shape index (κ3) is 5.12. The lowest BCUT2D eigenvalue weighted by Gasteiger charge is -2.27. The first-order chi connectivity index (χ1) is 16.9. The van der Waals surface area contributed by atoms with Gasteiger partial charge in [-0.2, -0.15) is 13.2 Å². The fourth-order valence-electron chi connectivity index (χ4n) is 4.27. The molecule has 3 amide bonds. The predicted molar refractivity (Wildman–Crippen MR) is 126 cm³/mol. The largest absolute Gasteiger partial charge is 0.417 e. The number of rotatable bonds is 6. The molecule has 4 rings (SSSR count). The first kappa shape index (κ1) is 25.4. The molecule has 2 N–H and O–H groups in total. The van der Waals surface area contributed by atoms with Crippen molar-refractivity contribution < 1.29 is 27.6 Å². The summed E-state index contributed by atoms with van der Waals surface area (Å²) in [6.45, 7) is 5.69. The van der Waals surface area contributed by atoms with E-state index in [0.717, 1.165) is 11.8 Å². The normalized spacial score (nSPS) is 21.1. The number of nitrogens with zero attached hydrogens (tertiary/aromatic N) is 2. The SMILES string of the molecule is CC1C=CC(C)N1C(=O)c1ccc([C@@H](C)NC(=O)C2(NC(=O)c3cncc(C(F)(F)F)c3)CC2)cc1. The number of amides is 3. The summed E-state index contributed by atoms with van der Waals surface area (Å²) < 4.78 is 38.8. The highest BCUT2D eigenvalue weighted by molar-refractivity contribution is 6.00. The minimum absolute atomic E-state index is 0.0158. The van der Waals surface area contributed by atoms with Crippen LogP contribution in [0.1, 0.15) is 71.5 Å². The van der Waals surface area contributed by atoms with Crippen molar-refractivity contribution in [1.29, 1.82) is 0 Å². The molecule has 36 heavy (non-hydrogen) atoms. The number of carbonyl (C=O) groups is 3. The van der Waals surface area contributed by atoms with Gasteiger partial charge in [0, 0.05) is 30.0 Å². The second kappa shape index (κ2) is 9.40. The molecule has 10 heteroatoms. The first-order valence-electron chi connectivity index (χ1n) is 11.7. The van der Waals surface area contributed by atoms with Crippen LogP contribution in [0.15, 0.2) is 54.9 Å². The Labute approximate surface area is 206 Å². The number of benzene rings is 1. The number of nitrogens with one attached hydrogen (secondary N) is 2. The van der Waals surface area contributed by atoms with Crippen molar-refractivity contribution in [2.75, 3.05) is 0 Å². The summed E-state index contributed by atoms with van der Waals surface area (Å²) in [6.07, 6.45) is 1.77. The zero-order valence-electron chi connectivity index (χ0n) is 20.1. The molecule has 3 atom stereocenters. The smallest absolute Gasteiger partial charge is 0.348 e. The molecule has 2 unspecified atom stereocenters. The van der Waals surface area contributed by atoms with Gasteiger partial charge in [-0.3, -0.25) is 19.4 Å². The van der Waals surface area contributed by atoms with Crippen LogP contribution < -0.4 is 10.6 Å². The molecule has 1 aromatic carbocycles. The molecular formula is C26H27F3N4O3. The number of carbonyl (C=O) groups excluding carboxylic acids is 3. The van der Waals surface area contributed by atoms with Crippen LogP contribution in [0.5, 0.6) is 0 Å². The van der Waals surface area contributed by atoms with Gasteiger partial charge >= 0.3 is 6.18 Å². The number of hydrogen-bond donors (Lipinski definition) is 2. The van der Waals surface area contributed by atoms with Crippen LogP contribution in [0.25, 0.3) is 0 Å². The molecule has 190 valence electrons. The Morgan fingerprint density at radius 3 is 2.19 bits per heavy atom. The lowest BCUT2D eigenvalue weighted by molar-refractivity contribution is -0.137. The van der Waals surface area contributed by atoms with Gasteiger partial charge in [-0.25, -0.2) is 0 Å². The summed E-state index contributed by atoms with van der Waals surface area (Å²) in [5.74, 6) is -1.29. The molecule has 2 aliphatic rings. The van der Waals surface area contributed by atoms with E-state index < -0.39 is 35.1 Å². The van der Waals surface area contributed by atoms with E-state index in [-0.39, 0.29) is 23.6 Å². The third-order valence-electron chi connectivity index (χ3n) is 6.65. The molecule has 2 heterocycles. The van der Waals surface area contributed by atoms with Crippen molar-refractivity contribution in [3.8, 4) is 0 Å². The van der Waals surface area contributed by atoms with E-state index in [4.69, 9.17) is 0 Å². The quantitative estimate of drug-likeness (QED) is 0.586. The van der Waals surface area contributed by atoms with E-state index in [1.807, 2.05) is 26.0 Å². The molecule has 1 saturated carbocycles. The molecule has 1 aliphatic heterocycles. The second-order valence-corrected chi connectivity index (χ2v) is 9.39. The van der Waals surface area contributed by atoms with Gasteiger partial charge in [0.1, 0.15) is 5.54 Å². The maximum Gasteiger partial charge on any atom is 0.417 e. The average molecular weight is 501 g/mol. The number of aromatic nitrogens is 1. The van der Waals surface area contributed by atoms with Crippen molar-refractivity contribution >= 4 is 17.7 Å². The van der Waals surface area contributed by atoms with Gasteiger partial charge in [-0.1, -0.05) is 24.3 Å². The summed E-state index contributed by atoms with van der Waals surface area (Å²) >= 11 is 0. The number of hydrogen-bond acceptors (Lipinski definition) is 4. The fraction of sp³-hybridized carbons (Fsp3) is 0.385.